The van der Waals surface area contributed by atoms with Crippen LogP contribution < -0.4 is 5.14 Å². The summed E-state index contributed by atoms with van der Waals surface area (Å²) in [6, 6.07) is 6.69. The van der Waals surface area contributed by atoms with E-state index in [2.05, 4.69) is 0 Å². The lowest BCUT2D eigenvalue weighted by molar-refractivity contribution is 0.0786. The maximum absolute atomic E-state index is 10.8. The Kier molecular flexibility index (Phi) is 3.18. The third-order valence-electron chi connectivity index (χ3n) is 2.03. The molecule has 3 N–H and O–H groups in total. The predicted octanol–water partition coefficient (Wildman–Crippen LogP) is 0.702. The quantitative estimate of drug-likeness (QED) is 0.800. The fraction of sp³-hybridized carbons (Fsp3) is 0.400. The van der Waals surface area contributed by atoms with Gasteiger partial charge in [0.1, 0.15) is 0 Å². The van der Waals surface area contributed by atoms with Crippen LogP contribution in [0.5, 0.6) is 0 Å². The average molecular weight is 229 g/mol. The van der Waals surface area contributed by atoms with E-state index in [0.29, 0.717) is 5.56 Å². The molecule has 0 fully saturated rings. The molecule has 5 heteroatoms. The van der Waals surface area contributed by atoms with E-state index in [4.69, 9.17) is 5.14 Å². The maximum Gasteiger partial charge on any atom is 0.213 e. The Morgan fingerprint density at radius 2 is 1.73 bits per heavy atom. The van der Waals surface area contributed by atoms with Gasteiger partial charge in [-0.3, -0.25) is 0 Å². The summed E-state index contributed by atoms with van der Waals surface area (Å²) in [5, 5.41) is 14.6. The van der Waals surface area contributed by atoms with E-state index in [0.717, 1.165) is 5.56 Å². The summed E-state index contributed by atoms with van der Waals surface area (Å²) >= 11 is 0. The van der Waals surface area contributed by atoms with Gasteiger partial charge in [-0.05, 0) is 25.0 Å². The van der Waals surface area contributed by atoms with E-state index >= 15 is 0 Å². The Balaban J connectivity index is 2.91. The fourth-order valence-electron chi connectivity index (χ4n) is 1.24. The van der Waals surface area contributed by atoms with Gasteiger partial charge in [0.2, 0.25) is 10.0 Å². The van der Waals surface area contributed by atoms with E-state index in [1.165, 1.54) is 0 Å². The van der Waals surface area contributed by atoms with E-state index in [1.807, 2.05) is 0 Å². The number of nitrogens with two attached hydrogens (primary N) is 1. The van der Waals surface area contributed by atoms with Crippen molar-refractivity contribution in [1.82, 2.24) is 0 Å². The Labute approximate surface area is 89.8 Å². The first-order valence-corrected chi connectivity index (χ1v) is 6.22. The minimum absolute atomic E-state index is 0.181. The van der Waals surface area contributed by atoms with Gasteiger partial charge in [-0.1, -0.05) is 24.3 Å². The Morgan fingerprint density at radius 1 is 1.27 bits per heavy atom. The van der Waals surface area contributed by atoms with Crippen LogP contribution in [0.25, 0.3) is 0 Å². The molecule has 0 aliphatic rings. The van der Waals surface area contributed by atoms with Crippen LogP contribution in [0.3, 0.4) is 0 Å². The Bertz CT molecular complexity index is 429. The first-order valence-electron chi connectivity index (χ1n) is 4.51. The van der Waals surface area contributed by atoms with Gasteiger partial charge in [-0.15, -0.1) is 0 Å². The van der Waals surface area contributed by atoms with E-state index in [9.17, 15) is 13.5 Å². The summed E-state index contributed by atoms with van der Waals surface area (Å²) in [7, 11) is -3.49. The highest BCUT2D eigenvalue weighted by Crippen LogP contribution is 2.19. The molecule has 84 valence electrons. The highest BCUT2D eigenvalue weighted by molar-refractivity contribution is 7.88. The normalized spacial score (nSPS) is 12.8. The van der Waals surface area contributed by atoms with Gasteiger partial charge >= 0.3 is 0 Å². The molecule has 1 aromatic rings. The molecule has 0 heterocycles. The molecule has 1 aromatic carbocycles. The summed E-state index contributed by atoms with van der Waals surface area (Å²) in [6.07, 6.45) is 0. The number of hydrogen-bond donors (Lipinski definition) is 2. The number of sulfonamides is 1. The van der Waals surface area contributed by atoms with Crippen LogP contribution in [0.4, 0.5) is 0 Å². The maximum atomic E-state index is 10.8. The molecule has 15 heavy (non-hydrogen) atoms. The highest BCUT2D eigenvalue weighted by Gasteiger charge is 2.15. The summed E-state index contributed by atoms with van der Waals surface area (Å²) in [5.41, 5.74) is 0.436. The van der Waals surface area contributed by atoms with Crippen molar-refractivity contribution in [3.05, 3.63) is 35.4 Å². The lowest BCUT2D eigenvalue weighted by atomic mass is 9.98. The van der Waals surface area contributed by atoms with Crippen LogP contribution in [0.15, 0.2) is 24.3 Å². The summed E-state index contributed by atoms with van der Waals surface area (Å²) in [5.74, 6) is -0.181. The standard InChI is InChI=1S/C10H15NO3S/c1-10(2,12)9-5-3-8(4-6-9)7-15(11,13)14/h3-6,12H,7H2,1-2H3,(H2,11,13,14). The highest BCUT2D eigenvalue weighted by atomic mass is 32.2. The van der Waals surface area contributed by atoms with Gasteiger partial charge in [-0.25, -0.2) is 13.6 Å². The topological polar surface area (TPSA) is 80.4 Å². The molecule has 0 atom stereocenters. The average Bonchev–Trinajstić information content (AvgIpc) is 2.00. The predicted molar refractivity (Wildman–Crippen MR) is 58.5 cm³/mol. The van der Waals surface area contributed by atoms with Crippen molar-refractivity contribution >= 4 is 10.0 Å². The van der Waals surface area contributed by atoms with Gasteiger partial charge in [0.15, 0.2) is 0 Å². The molecule has 0 radical (unpaired) electrons. The van der Waals surface area contributed by atoms with E-state index in [-0.39, 0.29) is 5.75 Å². The number of rotatable bonds is 3. The molecule has 0 amide bonds. The molecule has 0 bridgehead atoms. The van der Waals surface area contributed by atoms with Crippen LogP contribution >= 0.6 is 0 Å². The van der Waals surface area contributed by atoms with Gasteiger partial charge in [0.05, 0.1) is 11.4 Å². The molecular formula is C10H15NO3S. The second-order valence-corrected chi connectivity index (χ2v) is 5.68. The van der Waals surface area contributed by atoms with E-state index < -0.39 is 15.6 Å². The monoisotopic (exact) mass is 229 g/mol. The second-order valence-electron chi connectivity index (χ2n) is 4.06. The van der Waals surface area contributed by atoms with Crippen molar-refractivity contribution in [2.45, 2.75) is 25.2 Å². The summed E-state index contributed by atoms with van der Waals surface area (Å²) in [4.78, 5) is 0. The molecule has 0 aliphatic carbocycles. The molecule has 0 saturated heterocycles. The van der Waals surface area contributed by atoms with Crippen LogP contribution in [0.2, 0.25) is 0 Å². The lowest BCUT2D eigenvalue weighted by Crippen LogP contribution is -2.16. The van der Waals surface area contributed by atoms with Crippen molar-refractivity contribution in [2.24, 2.45) is 5.14 Å². The second kappa shape index (κ2) is 3.92. The number of benzene rings is 1. The smallest absolute Gasteiger partial charge is 0.213 e. The van der Waals surface area contributed by atoms with Gasteiger partial charge < -0.3 is 5.11 Å². The van der Waals surface area contributed by atoms with Crippen molar-refractivity contribution in [1.29, 1.82) is 0 Å². The summed E-state index contributed by atoms with van der Waals surface area (Å²) in [6.45, 7) is 3.34. The molecule has 0 aliphatic heterocycles. The first-order chi connectivity index (χ1) is 6.68. The van der Waals surface area contributed by atoms with Crippen LogP contribution in [0.1, 0.15) is 25.0 Å². The van der Waals surface area contributed by atoms with Crippen LogP contribution in [-0.2, 0) is 21.4 Å². The van der Waals surface area contributed by atoms with Gasteiger partial charge in [-0.2, -0.15) is 0 Å². The van der Waals surface area contributed by atoms with Crippen molar-refractivity contribution in [3.63, 3.8) is 0 Å². The van der Waals surface area contributed by atoms with Crippen molar-refractivity contribution < 1.29 is 13.5 Å². The molecule has 0 spiro atoms. The SMILES string of the molecule is CC(C)(O)c1ccc(CS(N)(=O)=O)cc1. The minimum Gasteiger partial charge on any atom is -0.386 e. The largest absolute Gasteiger partial charge is 0.386 e. The molecule has 4 nitrogen and oxygen atoms in total. The molecule has 1 rings (SSSR count). The molecule has 0 saturated carbocycles. The minimum atomic E-state index is -3.49. The number of hydrogen-bond acceptors (Lipinski definition) is 3. The zero-order valence-electron chi connectivity index (χ0n) is 8.77. The Hall–Kier alpha value is -0.910. The zero-order chi connectivity index (χ0) is 11.7. The van der Waals surface area contributed by atoms with Crippen LogP contribution in [-0.4, -0.2) is 13.5 Å². The summed E-state index contributed by atoms with van der Waals surface area (Å²) < 4.78 is 21.6. The van der Waals surface area contributed by atoms with Gasteiger partial charge in [0.25, 0.3) is 0 Å². The number of aliphatic hydroxyl groups is 1. The zero-order valence-corrected chi connectivity index (χ0v) is 9.58. The third kappa shape index (κ3) is 3.99. The number of primary sulfonamides is 1. The Morgan fingerprint density at radius 3 is 2.07 bits per heavy atom. The van der Waals surface area contributed by atoms with Crippen molar-refractivity contribution in [2.75, 3.05) is 0 Å². The van der Waals surface area contributed by atoms with Crippen LogP contribution in [0, 0.1) is 0 Å². The fourth-order valence-corrected chi connectivity index (χ4v) is 1.90. The third-order valence-corrected chi connectivity index (χ3v) is 2.76. The lowest BCUT2D eigenvalue weighted by Gasteiger charge is -2.17. The molecular weight excluding hydrogens is 214 g/mol. The first kappa shape index (κ1) is 12.2. The van der Waals surface area contributed by atoms with Gasteiger partial charge in [0, 0.05) is 0 Å². The van der Waals surface area contributed by atoms with Crippen molar-refractivity contribution in [3.8, 4) is 0 Å². The van der Waals surface area contributed by atoms with E-state index in [1.54, 1.807) is 38.1 Å². The molecule has 0 aromatic heterocycles. The molecule has 0 unspecified atom stereocenters.